The molecule has 0 bridgehead atoms. The average Bonchev–Trinajstić information content (AvgIpc) is 3.20. The molecule has 6 rings (SSSR count). The molecule has 0 fully saturated rings. The highest BCUT2D eigenvalue weighted by molar-refractivity contribution is 7.93. The summed E-state index contributed by atoms with van der Waals surface area (Å²) in [7, 11) is -7.59. The predicted octanol–water partition coefficient (Wildman–Crippen LogP) is 10.0. The van der Waals surface area contributed by atoms with E-state index in [1.165, 1.54) is 18.2 Å². The van der Waals surface area contributed by atoms with Crippen molar-refractivity contribution in [2.45, 2.75) is 48.3 Å². The first-order chi connectivity index (χ1) is 27.7. The van der Waals surface area contributed by atoms with Gasteiger partial charge in [0.25, 0.3) is 20.0 Å². The Morgan fingerprint density at radius 1 is 0.483 bits per heavy atom. The fraction of sp³-hybridized carbons (Fsp3) is 0.136. The van der Waals surface area contributed by atoms with Gasteiger partial charge in [-0.1, -0.05) is 114 Å². The number of hydrogen-bond acceptors (Lipinski definition) is 6. The Balaban J connectivity index is 0.000000221. The van der Waals surface area contributed by atoms with Gasteiger partial charge in [0.15, 0.2) is 0 Å². The molecule has 0 heterocycles. The maximum absolute atomic E-state index is 12.8. The molecule has 6 aromatic rings. The van der Waals surface area contributed by atoms with Gasteiger partial charge in [0, 0.05) is 5.02 Å². The molecule has 0 aromatic heterocycles. The van der Waals surface area contributed by atoms with Crippen LogP contribution in [0.2, 0.25) is 10.0 Å². The van der Waals surface area contributed by atoms with Gasteiger partial charge in [-0.15, -0.1) is 0 Å². The molecule has 0 aliphatic rings. The van der Waals surface area contributed by atoms with E-state index in [1.54, 1.807) is 91.0 Å². The van der Waals surface area contributed by atoms with Crippen LogP contribution >= 0.6 is 23.2 Å². The molecule has 0 amide bonds. The van der Waals surface area contributed by atoms with Crippen LogP contribution < -0.4 is 9.44 Å². The van der Waals surface area contributed by atoms with E-state index >= 15 is 0 Å². The van der Waals surface area contributed by atoms with Crippen molar-refractivity contribution < 1.29 is 36.6 Å². The van der Waals surface area contributed by atoms with Crippen molar-refractivity contribution in [3.63, 3.8) is 0 Å². The normalized spacial score (nSPS) is 11.2. The fourth-order valence-electron chi connectivity index (χ4n) is 6.19. The van der Waals surface area contributed by atoms with E-state index in [4.69, 9.17) is 23.2 Å². The third kappa shape index (κ3) is 11.9. The topological polar surface area (TPSA) is 167 Å². The van der Waals surface area contributed by atoms with Crippen LogP contribution in [0.15, 0.2) is 155 Å². The molecule has 0 aliphatic heterocycles. The zero-order valence-electron chi connectivity index (χ0n) is 31.0. The second kappa shape index (κ2) is 20.2. The summed E-state index contributed by atoms with van der Waals surface area (Å²) in [6.45, 7) is 0. The molecule has 10 nitrogen and oxygen atoms in total. The zero-order valence-corrected chi connectivity index (χ0v) is 34.2. The number of aromatic carboxylic acids is 2. The van der Waals surface area contributed by atoms with Crippen LogP contribution in [0.25, 0.3) is 0 Å². The molecule has 0 spiro atoms. The number of benzene rings is 6. The summed E-state index contributed by atoms with van der Waals surface area (Å²) in [6, 6.07) is 40.6. The van der Waals surface area contributed by atoms with Crippen molar-refractivity contribution in [3.8, 4) is 0 Å². The van der Waals surface area contributed by atoms with Crippen molar-refractivity contribution in [2.24, 2.45) is 0 Å². The van der Waals surface area contributed by atoms with Crippen molar-refractivity contribution >= 4 is 66.6 Å². The summed E-state index contributed by atoms with van der Waals surface area (Å²) < 4.78 is 56.1. The summed E-state index contributed by atoms with van der Waals surface area (Å²) in [5, 5.41) is 18.9. The molecule has 14 heteroatoms. The molecule has 0 radical (unpaired) electrons. The number of nitrogens with one attached hydrogen (secondary N) is 2. The average molecular weight is 860 g/mol. The van der Waals surface area contributed by atoms with Gasteiger partial charge in [-0.05, 0) is 115 Å². The maximum Gasteiger partial charge on any atom is 0.335 e. The van der Waals surface area contributed by atoms with Gasteiger partial charge in [0.1, 0.15) is 4.90 Å². The van der Waals surface area contributed by atoms with E-state index in [-0.39, 0.29) is 25.4 Å². The Hall–Kier alpha value is -5.66. The molecule has 0 saturated carbocycles. The lowest BCUT2D eigenvalue weighted by atomic mass is 9.99. The van der Waals surface area contributed by atoms with Gasteiger partial charge in [-0.25, -0.2) is 26.4 Å². The van der Waals surface area contributed by atoms with E-state index in [0.717, 1.165) is 22.3 Å². The van der Waals surface area contributed by atoms with Crippen molar-refractivity contribution in [2.75, 3.05) is 9.44 Å². The number of hydrogen-bond donors (Lipinski definition) is 4. The quantitative estimate of drug-likeness (QED) is 0.0746. The van der Waals surface area contributed by atoms with Gasteiger partial charge < -0.3 is 10.2 Å². The summed E-state index contributed by atoms with van der Waals surface area (Å²) in [5.74, 6) is -1.90. The van der Waals surface area contributed by atoms with Crippen molar-refractivity contribution in [1.29, 1.82) is 0 Å². The third-order valence-corrected chi connectivity index (χ3v) is 12.5. The number of anilines is 2. The SMILES string of the molecule is O=C(O)c1ccccc1CCCc1ccccc1NS(=O)(=O)c1cc(Cl)ccc1Cl.O=C(O)c1ccccc1CCCc1ccccc1NS(=O)(=O)c1ccccc1. The minimum absolute atomic E-state index is 0.0784. The van der Waals surface area contributed by atoms with E-state index < -0.39 is 32.0 Å². The maximum atomic E-state index is 12.8. The van der Waals surface area contributed by atoms with Crippen LogP contribution in [0.1, 0.15) is 55.8 Å². The summed E-state index contributed by atoms with van der Waals surface area (Å²) in [4.78, 5) is 22.8. The Bertz CT molecular complexity index is 2600. The van der Waals surface area contributed by atoms with Crippen molar-refractivity contribution in [3.05, 3.63) is 189 Å². The summed E-state index contributed by atoms with van der Waals surface area (Å²) in [5.41, 5.74) is 4.76. The highest BCUT2D eigenvalue weighted by atomic mass is 35.5. The number of rotatable bonds is 16. The minimum Gasteiger partial charge on any atom is -0.478 e. The van der Waals surface area contributed by atoms with E-state index in [1.807, 2.05) is 36.4 Å². The number of carbonyl (C=O) groups is 2. The Labute approximate surface area is 348 Å². The number of sulfonamides is 2. The predicted molar refractivity (Wildman–Crippen MR) is 228 cm³/mol. The molecule has 0 atom stereocenters. The molecule has 0 aliphatic carbocycles. The highest BCUT2D eigenvalue weighted by Gasteiger charge is 2.20. The number of para-hydroxylation sites is 2. The highest BCUT2D eigenvalue weighted by Crippen LogP contribution is 2.29. The van der Waals surface area contributed by atoms with Crippen LogP contribution in [-0.4, -0.2) is 39.0 Å². The van der Waals surface area contributed by atoms with Crippen LogP contribution in [0.3, 0.4) is 0 Å². The summed E-state index contributed by atoms with van der Waals surface area (Å²) >= 11 is 12.0. The molecular weight excluding hydrogens is 820 g/mol. The van der Waals surface area contributed by atoms with Crippen LogP contribution in [0, 0.1) is 0 Å². The van der Waals surface area contributed by atoms with Gasteiger partial charge in [-0.2, -0.15) is 0 Å². The number of halogens is 2. The lowest BCUT2D eigenvalue weighted by Crippen LogP contribution is -2.15. The molecule has 300 valence electrons. The minimum atomic E-state index is -3.93. The Morgan fingerprint density at radius 2 is 0.879 bits per heavy atom. The van der Waals surface area contributed by atoms with E-state index in [0.29, 0.717) is 55.5 Å². The van der Waals surface area contributed by atoms with Crippen LogP contribution in [-0.2, 0) is 45.7 Å². The lowest BCUT2D eigenvalue weighted by molar-refractivity contribution is 0.0684. The Kier molecular flexibility index (Phi) is 15.1. The number of carboxylic acids is 2. The lowest BCUT2D eigenvalue weighted by Gasteiger charge is -2.14. The molecule has 4 N–H and O–H groups in total. The second-order valence-corrected chi connectivity index (χ2v) is 17.2. The van der Waals surface area contributed by atoms with Gasteiger partial charge in [-0.3, -0.25) is 9.44 Å². The number of aryl methyl sites for hydroxylation is 4. The van der Waals surface area contributed by atoms with Gasteiger partial charge in [0.2, 0.25) is 0 Å². The summed E-state index contributed by atoms with van der Waals surface area (Å²) in [6.07, 6.45) is 3.71. The van der Waals surface area contributed by atoms with E-state index in [2.05, 4.69) is 9.44 Å². The fourth-order valence-corrected chi connectivity index (χ4v) is 9.18. The smallest absolute Gasteiger partial charge is 0.335 e. The largest absolute Gasteiger partial charge is 0.478 e. The van der Waals surface area contributed by atoms with E-state index in [9.17, 15) is 36.6 Å². The zero-order chi connectivity index (χ0) is 41.7. The molecule has 6 aromatic carbocycles. The Morgan fingerprint density at radius 3 is 1.36 bits per heavy atom. The third-order valence-electron chi connectivity index (χ3n) is 9.04. The van der Waals surface area contributed by atoms with Crippen LogP contribution in [0.4, 0.5) is 11.4 Å². The first-order valence-electron chi connectivity index (χ1n) is 18.1. The van der Waals surface area contributed by atoms with Gasteiger partial charge in [0.05, 0.1) is 32.4 Å². The molecular formula is C44H40Cl2N2O8S2. The molecule has 0 saturated heterocycles. The van der Waals surface area contributed by atoms with Crippen LogP contribution in [0.5, 0.6) is 0 Å². The first-order valence-corrected chi connectivity index (χ1v) is 21.8. The molecule has 0 unspecified atom stereocenters. The first kappa shape index (κ1) is 43.5. The second-order valence-electron chi connectivity index (χ2n) is 13.0. The van der Waals surface area contributed by atoms with Crippen molar-refractivity contribution in [1.82, 2.24) is 0 Å². The van der Waals surface area contributed by atoms with Gasteiger partial charge >= 0.3 is 11.9 Å². The number of carboxylic acid groups (broad SMARTS) is 2. The monoisotopic (exact) mass is 858 g/mol. The molecule has 58 heavy (non-hydrogen) atoms. The standard InChI is InChI=1S/C22H19Cl2NO4S.C22H21NO4S/c23-17-12-13-19(24)21(14-17)30(28,29)25-20-11-4-2-7-16(20)9-5-8-15-6-1-3-10-18(15)22(26)27;24-22(25)20-15-6-4-9-17(20)11-8-12-18-10-5-7-16-21(18)23-28(26,27)19-13-2-1-3-14-19/h1-4,6-7,10-14,25H,5,8-9H2,(H,26,27);1-7,9-10,13-16,23H,8,11-12H2,(H,24,25).